The van der Waals surface area contributed by atoms with Crippen LogP contribution in [0.15, 0.2) is 33.4 Å². The molecule has 0 aromatic rings. The van der Waals surface area contributed by atoms with Gasteiger partial charge in [-0.25, -0.2) is 0 Å². The summed E-state index contributed by atoms with van der Waals surface area (Å²) in [4.78, 5) is 14.4. The molecule has 0 saturated carbocycles. The fraction of sp³-hybridized carbons (Fsp3) is 0.875. The van der Waals surface area contributed by atoms with Crippen molar-refractivity contribution in [2.24, 2.45) is 35.5 Å². The van der Waals surface area contributed by atoms with Crippen molar-refractivity contribution in [2.75, 3.05) is 121 Å². The van der Waals surface area contributed by atoms with Crippen LogP contribution in [0.5, 0.6) is 0 Å². The van der Waals surface area contributed by atoms with E-state index in [1.54, 1.807) is 33.4 Å². The van der Waals surface area contributed by atoms with Gasteiger partial charge in [0.25, 0.3) is 0 Å². The Morgan fingerprint density at radius 2 is 0.574 bits per heavy atom. The van der Waals surface area contributed by atoms with Crippen molar-refractivity contribution < 1.29 is 0 Å². The molecular formula is C48H96N6. The van der Waals surface area contributed by atoms with Gasteiger partial charge in [-0.1, -0.05) is 75.0 Å². The largest absolute Gasteiger partial charge is 0.306 e. The zero-order valence-electron chi connectivity index (χ0n) is 39.9. The second-order valence-electron chi connectivity index (χ2n) is 19.7. The lowest BCUT2D eigenvalue weighted by Gasteiger charge is -2.32. The number of nitrogens with zero attached hydrogens (tertiary/aromatic N) is 6. The number of hydrogen-bond donors (Lipinski definition) is 0. The summed E-state index contributed by atoms with van der Waals surface area (Å²) in [5.74, 6) is 5.56. The van der Waals surface area contributed by atoms with Gasteiger partial charge >= 0.3 is 0 Å². The SMILES string of the molecule is CC1=C(C)CCN(C)CC1.CC1=C(C)CN(C)C1.CC1=C(C)CN(C)CC1.CC1CCN(C)CC1C.CC1CCN(C)CCC1C.CC1CN(C)CC1C. The highest BCUT2D eigenvalue weighted by molar-refractivity contribution is 5.18. The van der Waals surface area contributed by atoms with E-state index < -0.39 is 0 Å². The van der Waals surface area contributed by atoms with Crippen molar-refractivity contribution in [2.45, 2.75) is 122 Å². The summed E-state index contributed by atoms with van der Waals surface area (Å²) in [7, 11) is 13.2. The first-order valence-electron chi connectivity index (χ1n) is 22.3. The number of hydrogen-bond acceptors (Lipinski definition) is 6. The molecular weight excluding hydrogens is 661 g/mol. The number of likely N-dealkylation sites (N-methyl/N-ethyl adjacent to an activating group) is 2. The molecule has 0 bridgehead atoms. The highest BCUT2D eigenvalue weighted by Crippen LogP contribution is 2.23. The average molecular weight is 757 g/mol. The van der Waals surface area contributed by atoms with Crippen LogP contribution in [0.25, 0.3) is 0 Å². The highest BCUT2D eigenvalue weighted by Gasteiger charge is 2.22. The maximum absolute atomic E-state index is 2.44. The van der Waals surface area contributed by atoms with Crippen LogP contribution in [0.4, 0.5) is 0 Å². The van der Waals surface area contributed by atoms with E-state index in [0.717, 1.165) is 35.5 Å². The molecule has 0 spiro atoms. The van der Waals surface area contributed by atoms with Crippen molar-refractivity contribution in [1.29, 1.82) is 0 Å². The quantitative estimate of drug-likeness (QED) is 0.228. The van der Waals surface area contributed by atoms with Crippen LogP contribution in [0.1, 0.15) is 122 Å². The fourth-order valence-electron chi connectivity index (χ4n) is 8.00. The molecule has 6 rings (SSSR count). The molecule has 6 unspecified atom stereocenters. The Morgan fingerprint density at radius 3 is 0.889 bits per heavy atom. The van der Waals surface area contributed by atoms with E-state index in [9.17, 15) is 0 Å². The molecule has 0 aromatic carbocycles. The van der Waals surface area contributed by atoms with E-state index in [-0.39, 0.29) is 0 Å². The van der Waals surface area contributed by atoms with Gasteiger partial charge in [0.2, 0.25) is 0 Å². The van der Waals surface area contributed by atoms with Crippen LogP contribution in [0.2, 0.25) is 0 Å². The Kier molecular flexibility index (Phi) is 25.3. The molecule has 318 valence electrons. The lowest BCUT2D eigenvalue weighted by molar-refractivity contribution is 0.166. The summed E-state index contributed by atoms with van der Waals surface area (Å²) in [5, 5.41) is 0. The van der Waals surface area contributed by atoms with Gasteiger partial charge in [0.1, 0.15) is 0 Å². The van der Waals surface area contributed by atoms with Crippen molar-refractivity contribution >= 4 is 0 Å². The van der Waals surface area contributed by atoms with E-state index in [0.29, 0.717) is 0 Å². The minimum Gasteiger partial charge on any atom is -0.306 e. The van der Waals surface area contributed by atoms with Crippen molar-refractivity contribution in [1.82, 2.24) is 29.4 Å². The van der Waals surface area contributed by atoms with E-state index in [1.807, 2.05) is 0 Å². The molecule has 0 aromatic heterocycles. The maximum atomic E-state index is 2.44. The predicted octanol–water partition coefficient (Wildman–Crippen LogP) is 9.76. The minimum absolute atomic E-state index is 0.906. The fourth-order valence-corrected chi connectivity index (χ4v) is 8.00. The summed E-state index contributed by atoms with van der Waals surface area (Å²) in [6.07, 6.45) is 7.96. The van der Waals surface area contributed by atoms with Gasteiger partial charge < -0.3 is 24.5 Å². The van der Waals surface area contributed by atoms with Crippen LogP contribution in [0, 0.1) is 35.5 Å². The molecule has 6 heteroatoms. The molecule has 0 N–H and O–H groups in total. The molecule has 6 aliphatic rings. The molecule has 6 atom stereocenters. The van der Waals surface area contributed by atoms with Gasteiger partial charge in [0, 0.05) is 58.9 Å². The molecule has 54 heavy (non-hydrogen) atoms. The average Bonchev–Trinajstić information content (AvgIpc) is 3.46. The second-order valence-corrected chi connectivity index (χ2v) is 19.7. The highest BCUT2D eigenvalue weighted by atomic mass is 15.1. The first kappa shape index (κ1) is 51.0. The van der Waals surface area contributed by atoms with E-state index in [2.05, 4.69) is 155 Å². The molecule has 0 aliphatic carbocycles. The van der Waals surface area contributed by atoms with E-state index in [1.165, 1.54) is 117 Å². The third-order valence-electron chi connectivity index (χ3n) is 13.9. The van der Waals surface area contributed by atoms with Crippen molar-refractivity contribution in [3.05, 3.63) is 33.4 Å². The number of rotatable bonds is 0. The van der Waals surface area contributed by atoms with E-state index >= 15 is 0 Å². The summed E-state index contributed by atoms with van der Waals surface area (Å²) in [6, 6.07) is 0. The lowest BCUT2D eigenvalue weighted by Crippen LogP contribution is -2.35. The minimum atomic E-state index is 0.906. The molecule has 3 fully saturated rings. The summed E-state index contributed by atoms with van der Waals surface area (Å²) in [6.45, 7) is 42.5. The molecule has 0 radical (unpaired) electrons. The first-order valence-corrected chi connectivity index (χ1v) is 22.3. The van der Waals surface area contributed by atoms with Crippen molar-refractivity contribution in [3.63, 3.8) is 0 Å². The Morgan fingerprint density at radius 1 is 0.296 bits per heavy atom. The lowest BCUT2D eigenvalue weighted by atomic mass is 9.89. The Bertz CT molecular complexity index is 1070. The van der Waals surface area contributed by atoms with Crippen LogP contribution in [-0.2, 0) is 0 Å². The van der Waals surface area contributed by atoms with Gasteiger partial charge in [0.05, 0.1) is 0 Å². The zero-order valence-corrected chi connectivity index (χ0v) is 39.9. The van der Waals surface area contributed by atoms with Crippen LogP contribution in [-0.4, -0.2) is 150 Å². The second kappa shape index (κ2) is 26.8. The normalized spacial score (nSPS) is 31.0. The monoisotopic (exact) mass is 757 g/mol. The summed E-state index contributed by atoms with van der Waals surface area (Å²) >= 11 is 0. The van der Waals surface area contributed by atoms with Gasteiger partial charge in [-0.05, 0) is 177 Å². The van der Waals surface area contributed by atoms with Gasteiger partial charge in [0.15, 0.2) is 0 Å². The predicted molar refractivity (Wildman–Crippen MR) is 243 cm³/mol. The van der Waals surface area contributed by atoms with E-state index in [4.69, 9.17) is 0 Å². The molecule has 6 aliphatic heterocycles. The van der Waals surface area contributed by atoms with Gasteiger partial charge in [-0.2, -0.15) is 0 Å². The Balaban J connectivity index is 0.000000325. The molecule has 6 nitrogen and oxygen atoms in total. The van der Waals surface area contributed by atoms with Crippen LogP contribution in [0.3, 0.4) is 0 Å². The standard InChI is InChI=1S/C9H19N.C9H17N.C8H17N.C8H15N.C7H15N.C7H13N/c2*1-8-4-6-10(3)7-5-9(8)2;2*1-7-4-5-9(3)6-8(7)2;2*1-6-4-8(3)5-7(6)2/h8-9H,4-7H2,1-3H3;4-7H2,1-3H3;7-8H,4-6H2,1-3H3;4-6H2,1-3H3;6-7H,4-5H2,1-3H3;4-5H2,1-3H3. The first-order chi connectivity index (χ1) is 25.2. The molecule has 6 heterocycles. The Labute approximate surface area is 339 Å². The summed E-state index contributed by atoms with van der Waals surface area (Å²) < 4.78 is 0. The maximum Gasteiger partial charge on any atom is 0.0193 e. The zero-order chi connectivity index (χ0) is 41.1. The van der Waals surface area contributed by atoms with Crippen molar-refractivity contribution in [3.8, 4) is 0 Å². The number of piperidine rings is 1. The third kappa shape index (κ3) is 21.5. The van der Waals surface area contributed by atoms with Gasteiger partial charge in [-0.3, -0.25) is 4.90 Å². The van der Waals surface area contributed by atoms with Crippen LogP contribution < -0.4 is 0 Å². The Hall–Kier alpha value is -1.02. The number of likely N-dealkylation sites (tertiary alicyclic amines) is 3. The third-order valence-corrected chi connectivity index (χ3v) is 13.9. The van der Waals surface area contributed by atoms with Crippen LogP contribution >= 0.6 is 0 Å². The summed E-state index contributed by atoms with van der Waals surface area (Å²) in [5.41, 5.74) is 9.45. The topological polar surface area (TPSA) is 19.4 Å². The smallest absolute Gasteiger partial charge is 0.0193 e. The molecule has 0 amide bonds. The molecule has 3 saturated heterocycles. The van der Waals surface area contributed by atoms with Gasteiger partial charge in [-0.15, -0.1) is 0 Å².